The Balaban J connectivity index is 2.07. The lowest BCUT2D eigenvalue weighted by molar-refractivity contribution is 0.0933. The number of H-pyrrole nitrogens is 1. The summed E-state index contributed by atoms with van der Waals surface area (Å²) in [5, 5.41) is 10.3. The predicted molar refractivity (Wildman–Crippen MR) is 64.0 cm³/mol. The highest BCUT2D eigenvalue weighted by Gasteiger charge is 2.18. The molecule has 1 amide bonds. The van der Waals surface area contributed by atoms with Crippen LogP contribution in [0.3, 0.4) is 0 Å². The molecule has 0 aromatic carbocycles. The van der Waals surface area contributed by atoms with Crippen LogP contribution in [0.5, 0.6) is 0 Å². The molecule has 0 aliphatic rings. The van der Waals surface area contributed by atoms with E-state index >= 15 is 0 Å². The molecular weight excluding hydrogens is 262 g/mol. The van der Waals surface area contributed by atoms with Crippen molar-refractivity contribution < 1.29 is 4.79 Å². The molecule has 2 rings (SSSR count). The standard InChI is InChI=1S/C9H10ClN5OS/c1-2-5(6-11-3-4-12-6)13-7(16)8-14-15-9(10)17-8/h3-5H,2H2,1H3,(H,11,12)(H,13,16). The first-order valence-electron chi connectivity index (χ1n) is 5.00. The molecule has 0 saturated carbocycles. The van der Waals surface area contributed by atoms with Crippen LogP contribution in [0.1, 0.15) is 35.0 Å². The molecule has 0 bridgehead atoms. The topological polar surface area (TPSA) is 83.6 Å². The third-order valence-electron chi connectivity index (χ3n) is 2.16. The maximum Gasteiger partial charge on any atom is 0.282 e. The summed E-state index contributed by atoms with van der Waals surface area (Å²) in [6.07, 6.45) is 4.09. The van der Waals surface area contributed by atoms with Gasteiger partial charge in [0.05, 0.1) is 6.04 Å². The van der Waals surface area contributed by atoms with Gasteiger partial charge in [-0.05, 0) is 18.0 Å². The molecule has 8 heteroatoms. The zero-order valence-corrected chi connectivity index (χ0v) is 10.5. The Hall–Kier alpha value is -1.47. The lowest BCUT2D eigenvalue weighted by Crippen LogP contribution is -2.28. The van der Waals surface area contributed by atoms with Gasteiger partial charge in [-0.1, -0.05) is 18.3 Å². The zero-order chi connectivity index (χ0) is 12.3. The van der Waals surface area contributed by atoms with E-state index in [1.54, 1.807) is 12.4 Å². The van der Waals surface area contributed by atoms with E-state index in [9.17, 15) is 4.79 Å². The van der Waals surface area contributed by atoms with Gasteiger partial charge in [0.15, 0.2) is 0 Å². The molecule has 90 valence electrons. The van der Waals surface area contributed by atoms with Crippen molar-refractivity contribution in [2.24, 2.45) is 0 Å². The second-order valence-electron chi connectivity index (χ2n) is 3.27. The third kappa shape index (κ3) is 2.80. The second-order valence-corrected chi connectivity index (χ2v) is 4.83. The molecule has 1 unspecified atom stereocenters. The van der Waals surface area contributed by atoms with Gasteiger partial charge >= 0.3 is 0 Å². The summed E-state index contributed by atoms with van der Waals surface area (Å²) >= 11 is 6.67. The average Bonchev–Trinajstić information content (AvgIpc) is 2.96. The van der Waals surface area contributed by atoms with Crippen molar-refractivity contribution in [1.29, 1.82) is 0 Å². The highest BCUT2D eigenvalue weighted by Crippen LogP contribution is 2.17. The van der Waals surface area contributed by atoms with Gasteiger partial charge in [0.25, 0.3) is 5.91 Å². The average molecular weight is 272 g/mol. The van der Waals surface area contributed by atoms with E-state index in [4.69, 9.17) is 11.6 Å². The SMILES string of the molecule is CCC(NC(=O)c1nnc(Cl)s1)c1ncc[nH]1. The molecule has 0 radical (unpaired) electrons. The van der Waals surface area contributed by atoms with Crippen LogP contribution >= 0.6 is 22.9 Å². The molecule has 0 aliphatic carbocycles. The van der Waals surface area contributed by atoms with Gasteiger partial charge in [-0.2, -0.15) is 0 Å². The largest absolute Gasteiger partial charge is 0.347 e. The molecule has 17 heavy (non-hydrogen) atoms. The van der Waals surface area contributed by atoms with E-state index in [1.807, 2.05) is 6.92 Å². The van der Waals surface area contributed by atoms with Crippen molar-refractivity contribution in [2.45, 2.75) is 19.4 Å². The Morgan fingerprint density at radius 2 is 2.47 bits per heavy atom. The molecule has 1 atom stereocenters. The molecule has 0 aliphatic heterocycles. The monoisotopic (exact) mass is 271 g/mol. The van der Waals surface area contributed by atoms with Crippen LogP contribution in [0, 0.1) is 0 Å². The van der Waals surface area contributed by atoms with Crippen molar-refractivity contribution in [3.05, 3.63) is 27.7 Å². The minimum atomic E-state index is -0.294. The van der Waals surface area contributed by atoms with Crippen molar-refractivity contribution in [3.63, 3.8) is 0 Å². The third-order valence-corrected chi connectivity index (χ3v) is 3.18. The number of carbonyl (C=O) groups excluding carboxylic acids is 1. The number of imidazole rings is 1. The van der Waals surface area contributed by atoms with Crippen LogP contribution in [-0.2, 0) is 0 Å². The Kier molecular flexibility index (Phi) is 3.70. The fraction of sp³-hybridized carbons (Fsp3) is 0.333. The van der Waals surface area contributed by atoms with Crippen molar-refractivity contribution in [3.8, 4) is 0 Å². The van der Waals surface area contributed by atoms with Crippen LogP contribution in [-0.4, -0.2) is 26.1 Å². The maximum atomic E-state index is 11.8. The molecule has 0 spiro atoms. The first kappa shape index (κ1) is 12.0. The quantitative estimate of drug-likeness (QED) is 0.888. The Morgan fingerprint density at radius 3 is 3.00 bits per heavy atom. The van der Waals surface area contributed by atoms with Gasteiger partial charge < -0.3 is 10.3 Å². The molecule has 2 heterocycles. The highest BCUT2D eigenvalue weighted by atomic mass is 35.5. The molecule has 6 nitrogen and oxygen atoms in total. The Morgan fingerprint density at radius 1 is 1.65 bits per heavy atom. The second kappa shape index (κ2) is 5.24. The minimum Gasteiger partial charge on any atom is -0.347 e. The van der Waals surface area contributed by atoms with Crippen LogP contribution in [0.2, 0.25) is 4.47 Å². The van der Waals surface area contributed by atoms with E-state index in [2.05, 4.69) is 25.5 Å². The van der Waals surface area contributed by atoms with E-state index in [0.717, 1.165) is 23.6 Å². The van der Waals surface area contributed by atoms with Crippen molar-refractivity contribution >= 4 is 28.8 Å². The van der Waals surface area contributed by atoms with E-state index in [-0.39, 0.29) is 21.4 Å². The van der Waals surface area contributed by atoms with Crippen LogP contribution < -0.4 is 5.32 Å². The first-order chi connectivity index (χ1) is 8.20. The smallest absolute Gasteiger partial charge is 0.282 e. The molecule has 2 N–H and O–H groups in total. The number of rotatable bonds is 4. The number of nitrogens with zero attached hydrogens (tertiary/aromatic N) is 3. The fourth-order valence-electron chi connectivity index (χ4n) is 1.35. The fourth-order valence-corrected chi connectivity index (χ4v) is 2.08. The molecular formula is C9H10ClN5OS. The lowest BCUT2D eigenvalue weighted by Gasteiger charge is -2.12. The zero-order valence-electron chi connectivity index (χ0n) is 8.98. The van der Waals surface area contributed by atoms with Crippen LogP contribution in [0.25, 0.3) is 0 Å². The van der Waals surface area contributed by atoms with Gasteiger partial charge in [-0.25, -0.2) is 4.98 Å². The van der Waals surface area contributed by atoms with Gasteiger partial charge in [0.2, 0.25) is 9.47 Å². The summed E-state index contributed by atoms with van der Waals surface area (Å²) in [4.78, 5) is 18.9. The van der Waals surface area contributed by atoms with E-state index < -0.39 is 0 Å². The Labute approximate surface area is 106 Å². The van der Waals surface area contributed by atoms with E-state index in [0.29, 0.717) is 0 Å². The summed E-state index contributed by atoms with van der Waals surface area (Å²) in [5.41, 5.74) is 0. The molecule has 2 aromatic rings. The minimum absolute atomic E-state index is 0.167. The summed E-state index contributed by atoms with van der Waals surface area (Å²) < 4.78 is 0.251. The number of aromatic nitrogens is 4. The molecule has 0 saturated heterocycles. The number of nitrogens with one attached hydrogen (secondary N) is 2. The van der Waals surface area contributed by atoms with Crippen LogP contribution in [0.4, 0.5) is 0 Å². The number of hydrogen-bond donors (Lipinski definition) is 2. The lowest BCUT2D eigenvalue weighted by atomic mass is 10.2. The van der Waals surface area contributed by atoms with E-state index in [1.165, 1.54) is 0 Å². The number of carbonyl (C=O) groups is 1. The van der Waals surface area contributed by atoms with Gasteiger partial charge in [-0.3, -0.25) is 4.79 Å². The van der Waals surface area contributed by atoms with Gasteiger partial charge in [0.1, 0.15) is 5.82 Å². The number of halogens is 1. The maximum absolute atomic E-state index is 11.8. The number of amides is 1. The summed E-state index contributed by atoms with van der Waals surface area (Å²) in [7, 11) is 0. The highest BCUT2D eigenvalue weighted by molar-refractivity contribution is 7.17. The van der Waals surface area contributed by atoms with Gasteiger partial charge in [0, 0.05) is 12.4 Å². The Bertz CT molecular complexity index is 497. The molecule has 0 fully saturated rings. The summed E-state index contributed by atoms with van der Waals surface area (Å²) in [6, 6.07) is -0.167. The van der Waals surface area contributed by atoms with Crippen molar-refractivity contribution in [1.82, 2.24) is 25.5 Å². The summed E-state index contributed by atoms with van der Waals surface area (Å²) in [5.74, 6) is 0.425. The first-order valence-corrected chi connectivity index (χ1v) is 6.19. The van der Waals surface area contributed by atoms with Crippen molar-refractivity contribution in [2.75, 3.05) is 0 Å². The molecule has 2 aromatic heterocycles. The number of hydrogen-bond acceptors (Lipinski definition) is 5. The normalized spacial score (nSPS) is 12.4. The number of aromatic amines is 1. The summed E-state index contributed by atoms with van der Waals surface area (Å²) in [6.45, 7) is 1.96. The van der Waals surface area contributed by atoms with Crippen LogP contribution in [0.15, 0.2) is 12.4 Å². The van der Waals surface area contributed by atoms with Gasteiger partial charge in [-0.15, -0.1) is 10.2 Å². The predicted octanol–water partition coefficient (Wildman–Crippen LogP) is 1.80.